The van der Waals surface area contributed by atoms with E-state index in [0.717, 1.165) is 19.3 Å². The zero-order chi connectivity index (χ0) is 14.8. The average Bonchev–Trinajstić information content (AvgIpc) is 2.49. The van der Waals surface area contributed by atoms with Crippen LogP contribution in [-0.4, -0.2) is 23.5 Å². The van der Waals surface area contributed by atoms with Gasteiger partial charge in [0.2, 0.25) is 6.10 Å². The molecule has 0 radical (unpaired) electrons. The van der Waals surface area contributed by atoms with Crippen molar-refractivity contribution >= 4 is 11.9 Å². The van der Waals surface area contributed by atoms with E-state index in [1.54, 1.807) is 24.5 Å². The van der Waals surface area contributed by atoms with Gasteiger partial charge in [0, 0.05) is 24.4 Å². The zero-order valence-electron chi connectivity index (χ0n) is 12.0. The summed E-state index contributed by atoms with van der Waals surface area (Å²) in [6.45, 7) is 4.21. The van der Waals surface area contributed by atoms with Gasteiger partial charge in [-0.2, -0.15) is 0 Å². The van der Waals surface area contributed by atoms with Gasteiger partial charge < -0.3 is 9.47 Å². The number of hydrogen-bond acceptors (Lipinski definition) is 5. The molecule has 0 fully saturated rings. The van der Waals surface area contributed by atoms with Gasteiger partial charge in [-0.1, -0.05) is 20.3 Å². The van der Waals surface area contributed by atoms with Crippen molar-refractivity contribution in [2.75, 3.05) is 6.61 Å². The van der Waals surface area contributed by atoms with Crippen LogP contribution in [0.15, 0.2) is 24.5 Å². The van der Waals surface area contributed by atoms with E-state index < -0.39 is 12.1 Å². The van der Waals surface area contributed by atoms with Gasteiger partial charge in [0.25, 0.3) is 0 Å². The summed E-state index contributed by atoms with van der Waals surface area (Å²) in [6.07, 6.45) is 4.76. The fourth-order valence-corrected chi connectivity index (χ4v) is 1.58. The van der Waals surface area contributed by atoms with Gasteiger partial charge in [-0.25, -0.2) is 4.79 Å². The lowest BCUT2D eigenvalue weighted by Crippen LogP contribution is -2.22. The average molecular weight is 279 g/mol. The Morgan fingerprint density at radius 1 is 1.20 bits per heavy atom. The summed E-state index contributed by atoms with van der Waals surface area (Å²) in [7, 11) is 0. The third kappa shape index (κ3) is 5.38. The predicted octanol–water partition coefficient (Wildman–Crippen LogP) is 2.81. The molecule has 0 aliphatic rings. The summed E-state index contributed by atoms with van der Waals surface area (Å²) in [6, 6.07) is 3.29. The van der Waals surface area contributed by atoms with Crippen LogP contribution in [0.5, 0.6) is 0 Å². The van der Waals surface area contributed by atoms with Crippen molar-refractivity contribution in [3.05, 3.63) is 30.1 Å². The molecule has 0 bridgehead atoms. The van der Waals surface area contributed by atoms with E-state index in [9.17, 15) is 9.59 Å². The highest BCUT2D eigenvalue weighted by Crippen LogP contribution is 2.19. The molecule has 0 spiro atoms. The minimum absolute atomic E-state index is 0.305. The highest BCUT2D eigenvalue weighted by molar-refractivity contribution is 5.80. The summed E-state index contributed by atoms with van der Waals surface area (Å²) in [4.78, 5) is 27.6. The largest absolute Gasteiger partial charge is 0.463 e. The summed E-state index contributed by atoms with van der Waals surface area (Å²) in [5, 5.41) is 0. The summed E-state index contributed by atoms with van der Waals surface area (Å²) in [5.74, 6) is -0.926. The molecule has 1 aromatic heterocycles. The molecule has 0 N–H and O–H groups in total. The summed E-state index contributed by atoms with van der Waals surface area (Å²) in [5.41, 5.74) is 0.575. The molecular weight excluding hydrogens is 258 g/mol. The zero-order valence-corrected chi connectivity index (χ0v) is 12.0. The summed E-state index contributed by atoms with van der Waals surface area (Å²) >= 11 is 0. The van der Waals surface area contributed by atoms with Gasteiger partial charge in [-0.3, -0.25) is 9.78 Å². The lowest BCUT2D eigenvalue weighted by Gasteiger charge is -2.16. The van der Waals surface area contributed by atoms with E-state index in [0.29, 0.717) is 18.6 Å². The second-order valence-corrected chi connectivity index (χ2v) is 4.42. The molecule has 1 heterocycles. The molecular formula is C15H21NO4. The van der Waals surface area contributed by atoms with Crippen molar-refractivity contribution in [3.63, 3.8) is 0 Å². The molecule has 5 nitrogen and oxygen atoms in total. The number of carbonyl (C=O) groups excluding carboxylic acids is 2. The smallest absolute Gasteiger partial charge is 0.352 e. The van der Waals surface area contributed by atoms with E-state index in [1.165, 1.54) is 0 Å². The Hall–Kier alpha value is -1.91. The topological polar surface area (TPSA) is 65.5 Å². The number of nitrogens with zero attached hydrogens (tertiary/aromatic N) is 1. The van der Waals surface area contributed by atoms with Crippen molar-refractivity contribution < 1.29 is 19.1 Å². The second-order valence-electron chi connectivity index (χ2n) is 4.42. The Kier molecular flexibility index (Phi) is 7.32. The molecule has 0 aliphatic carbocycles. The Labute approximate surface area is 119 Å². The Morgan fingerprint density at radius 3 is 2.50 bits per heavy atom. The Balaban J connectivity index is 2.74. The number of carbonyl (C=O) groups is 2. The lowest BCUT2D eigenvalue weighted by atomic mass is 10.1. The van der Waals surface area contributed by atoms with Crippen molar-refractivity contribution in [2.24, 2.45) is 0 Å². The molecule has 0 saturated heterocycles. The first-order valence-corrected chi connectivity index (χ1v) is 6.95. The minimum atomic E-state index is -1.01. The van der Waals surface area contributed by atoms with Crippen molar-refractivity contribution in [3.8, 4) is 0 Å². The van der Waals surface area contributed by atoms with Gasteiger partial charge in [-0.15, -0.1) is 0 Å². The molecule has 0 aromatic carbocycles. The number of pyridine rings is 1. The third-order valence-corrected chi connectivity index (χ3v) is 2.66. The molecule has 20 heavy (non-hydrogen) atoms. The number of rotatable bonds is 8. The molecule has 0 saturated carbocycles. The van der Waals surface area contributed by atoms with Crippen LogP contribution in [0, 0.1) is 0 Å². The number of ether oxygens (including phenoxy) is 2. The molecule has 110 valence electrons. The van der Waals surface area contributed by atoms with Crippen LogP contribution in [0.2, 0.25) is 0 Å². The van der Waals surface area contributed by atoms with Crippen molar-refractivity contribution in [1.82, 2.24) is 4.98 Å². The fourth-order valence-electron chi connectivity index (χ4n) is 1.58. The third-order valence-electron chi connectivity index (χ3n) is 2.66. The Bertz CT molecular complexity index is 419. The van der Waals surface area contributed by atoms with E-state index in [-0.39, 0.29) is 5.97 Å². The maximum absolute atomic E-state index is 12.0. The first-order valence-electron chi connectivity index (χ1n) is 6.95. The van der Waals surface area contributed by atoms with E-state index in [4.69, 9.17) is 9.47 Å². The van der Waals surface area contributed by atoms with Crippen LogP contribution in [0.25, 0.3) is 0 Å². The van der Waals surface area contributed by atoms with E-state index in [1.807, 2.05) is 13.8 Å². The fraction of sp³-hybridized carbons (Fsp3) is 0.533. The van der Waals surface area contributed by atoms with Gasteiger partial charge in [-0.05, 0) is 25.0 Å². The molecule has 0 amide bonds. The maximum Gasteiger partial charge on any atom is 0.352 e. The lowest BCUT2D eigenvalue weighted by molar-refractivity contribution is -0.168. The van der Waals surface area contributed by atoms with Crippen molar-refractivity contribution in [1.29, 1.82) is 0 Å². The van der Waals surface area contributed by atoms with Crippen LogP contribution < -0.4 is 0 Å². The molecule has 1 unspecified atom stereocenters. The quantitative estimate of drug-likeness (QED) is 0.685. The van der Waals surface area contributed by atoms with Gasteiger partial charge in [0.1, 0.15) is 0 Å². The normalized spacial score (nSPS) is 11.7. The molecule has 1 aromatic rings. The van der Waals surface area contributed by atoms with Crippen LogP contribution in [0.4, 0.5) is 0 Å². The number of unbranched alkanes of at least 4 members (excludes halogenated alkanes) is 1. The van der Waals surface area contributed by atoms with Crippen LogP contribution in [0.1, 0.15) is 51.2 Å². The van der Waals surface area contributed by atoms with Gasteiger partial charge in [0.15, 0.2) is 0 Å². The predicted molar refractivity (Wildman–Crippen MR) is 73.8 cm³/mol. The van der Waals surface area contributed by atoms with E-state index >= 15 is 0 Å². The van der Waals surface area contributed by atoms with Gasteiger partial charge in [0.05, 0.1) is 6.61 Å². The number of esters is 2. The maximum atomic E-state index is 12.0. The van der Waals surface area contributed by atoms with E-state index in [2.05, 4.69) is 4.98 Å². The molecule has 0 aliphatic heterocycles. The number of hydrogen-bond donors (Lipinski definition) is 0. The van der Waals surface area contributed by atoms with Gasteiger partial charge >= 0.3 is 11.9 Å². The summed E-state index contributed by atoms with van der Waals surface area (Å²) < 4.78 is 10.3. The Morgan fingerprint density at radius 2 is 1.90 bits per heavy atom. The highest BCUT2D eigenvalue weighted by Gasteiger charge is 2.26. The highest BCUT2D eigenvalue weighted by atomic mass is 16.6. The standard InChI is InChI=1S/C15H21NO4/c1-3-5-6-13(17)20-14(15(18)19-11-4-2)12-7-9-16-10-8-12/h7-10,14H,3-6,11H2,1-2H3. The SMILES string of the molecule is CCCCC(=O)OC(C(=O)OCCC)c1ccncc1. The second kappa shape index (κ2) is 9.07. The monoisotopic (exact) mass is 279 g/mol. The first kappa shape index (κ1) is 16.1. The van der Waals surface area contributed by atoms with Crippen LogP contribution >= 0.6 is 0 Å². The van der Waals surface area contributed by atoms with Crippen LogP contribution in [-0.2, 0) is 19.1 Å². The van der Waals surface area contributed by atoms with Crippen molar-refractivity contribution in [2.45, 2.75) is 45.6 Å². The molecule has 1 rings (SSSR count). The number of aromatic nitrogens is 1. The minimum Gasteiger partial charge on any atom is -0.463 e. The first-order chi connectivity index (χ1) is 9.69. The molecule has 5 heteroatoms. The molecule has 1 atom stereocenters. The van der Waals surface area contributed by atoms with Crippen LogP contribution in [0.3, 0.4) is 0 Å².